The molecule has 0 spiro atoms. The van der Waals surface area contributed by atoms with E-state index in [4.69, 9.17) is 10.2 Å². The highest BCUT2D eigenvalue weighted by Gasteiger charge is 2.07. The average Bonchev–Trinajstić information content (AvgIpc) is 2.72. The molecule has 1 unspecified atom stereocenters. The fourth-order valence-electron chi connectivity index (χ4n) is 1.51. The highest BCUT2D eigenvalue weighted by Crippen LogP contribution is 2.21. The summed E-state index contributed by atoms with van der Waals surface area (Å²) in [6.45, 7) is 1.96. The van der Waals surface area contributed by atoms with Crippen molar-refractivity contribution in [2.45, 2.75) is 19.4 Å². The fourth-order valence-corrected chi connectivity index (χ4v) is 1.51. The van der Waals surface area contributed by atoms with Gasteiger partial charge in [-0.1, -0.05) is 0 Å². The lowest BCUT2D eigenvalue weighted by molar-refractivity contribution is 0.503. The molecule has 80 valence electrons. The summed E-state index contributed by atoms with van der Waals surface area (Å²) in [5.41, 5.74) is 6.69. The molecule has 2 aromatic rings. The molecule has 15 heavy (non-hydrogen) atoms. The monoisotopic (exact) mass is 205 g/mol. The number of nitrogens with zero attached hydrogens (tertiary/aromatic N) is 2. The number of aryl methyl sites for hydroxylation is 1. The Kier molecular flexibility index (Phi) is 2.60. The summed E-state index contributed by atoms with van der Waals surface area (Å²) in [6, 6.07) is 4.04. The van der Waals surface area contributed by atoms with Crippen LogP contribution in [-0.2, 0) is 13.5 Å². The van der Waals surface area contributed by atoms with Crippen LogP contribution in [0.15, 0.2) is 28.9 Å². The molecule has 0 fully saturated rings. The van der Waals surface area contributed by atoms with Crippen LogP contribution in [0.2, 0.25) is 0 Å². The summed E-state index contributed by atoms with van der Waals surface area (Å²) in [4.78, 5) is 0. The molecule has 2 heterocycles. The van der Waals surface area contributed by atoms with Gasteiger partial charge in [-0.2, -0.15) is 5.10 Å². The zero-order valence-corrected chi connectivity index (χ0v) is 8.97. The smallest absolute Gasteiger partial charge is 0.137 e. The van der Waals surface area contributed by atoms with Gasteiger partial charge >= 0.3 is 0 Å². The van der Waals surface area contributed by atoms with Crippen LogP contribution in [0.25, 0.3) is 11.3 Å². The molecular formula is C11H15N3O. The van der Waals surface area contributed by atoms with Crippen molar-refractivity contribution in [3.8, 4) is 11.3 Å². The molecule has 0 aliphatic heterocycles. The van der Waals surface area contributed by atoms with Gasteiger partial charge in [0.2, 0.25) is 0 Å². The molecule has 0 saturated heterocycles. The standard InChI is InChI=1S/C11H15N3O/c1-8(12)5-10-3-4-11(15-10)9-6-13-14(2)7-9/h3-4,6-8H,5,12H2,1-2H3. The zero-order chi connectivity index (χ0) is 10.8. The summed E-state index contributed by atoms with van der Waals surface area (Å²) in [5.74, 6) is 1.77. The summed E-state index contributed by atoms with van der Waals surface area (Å²) in [5, 5.41) is 4.10. The molecule has 0 aromatic carbocycles. The summed E-state index contributed by atoms with van der Waals surface area (Å²) < 4.78 is 7.41. The molecule has 0 amide bonds. The lowest BCUT2D eigenvalue weighted by Gasteiger charge is -1.99. The van der Waals surface area contributed by atoms with Crippen molar-refractivity contribution in [1.29, 1.82) is 0 Å². The minimum absolute atomic E-state index is 0.123. The van der Waals surface area contributed by atoms with Crippen molar-refractivity contribution in [3.63, 3.8) is 0 Å². The number of furan rings is 1. The number of hydrogen-bond donors (Lipinski definition) is 1. The molecule has 0 aliphatic rings. The second-order valence-electron chi connectivity index (χ2n) is 3.85. The molecule has 0 radical (unpaired) electrons. The third-order valence-corrected chi connectivity index (χ3v) is 2.17. The van der Waals surface area contributed by atoms with Crippen LogP contribution in [0.4, 0.5) is 0 Å². The van der Waals surface area contributed by atoms with E-state index in [9.17, 15) is 0 Å². The fraction of sp³-hybridized carbons (Fsp3) is 0.364. The number of hydrogen-bond acceptors (Lipinski definition) is 3. The van der Waals surface area contributed by atoms with Gasteiger partial charge in [0.1, 0.15) is 11.5 Å². The van der Waals surface area contributed by atoms with Crippen LogP contribution in [0.1, 0.15) is 12.7 Å². The molecule has 0 saturated carbocycles. The summed E-state index contributed by atoms with van der Waals surface area (Å²) >= 11 is 0. The van der Waals surface area contributed by atoms with Crippen LogP contribution in [0.5, 0.6) is 0 Å². The van der Waals surface area contributed by atoms with Gasteiger partial charge in [-0.15, -0.1) is 0 Å². The average molecular weight is 205 g/mol. The van der Waals surface area contributed by atoms with Crippen LogP contribution >= 0.6 is 0 Å². The molecule has 0 bridgehead atoms. The van der Waals surface area contributed by atoms with E-state index in [1.54, 1.807) is 10.9 Å². The number of aromatic nitrogens is 2. The summed E-state index contributed by atoms with van der Waals surface area (Å²) in [6.07, 6.45) is 4.48. The second kappa shape index (κ2) is 3.90. The third kappa shape index (κ3) is 2.27. The third-order valence-electron chi connectivity index (χ3n) is 2.17. The second-order valence-corrected chi connectivity index (χ2v) is 3.85. The van der Waals surface area contributed by atoms with E-state index >= 15 is 0 Å². The van der Waals surface area contributed by atoms with Crippen molar-refractivity contribution in [2.75, 3.05) is 0 Å². The highest BCUT2D eigenvalue weighted by molar-refractivity contribution is 5.55. The Balaban J connectivity index is 2.20. The Morgan fingerprint density at radius 1 is 1.53 bits per heavy atom. The maximum atomic E-state index is 5.70. The van der Waals surface area contributed by atoms with E-state index in [0.29, 0.717) is 0 Å². The lowest BCUT2D eigenvalue weighted by atomic mass is 10.2. The minimum Gasteiger partial charge on any atom is -0.461 e. The first kappa shape index (κ1) is 9.98. The largest absolute Gasteiger partial charge is 0.461 e. The first-order chi connectivity index (χ1) is 7.15. The molecule has 2 rings (SSSR count). The SMILES string of the molecule is CC(N)Cc1ccc(-c2cnn(C)c2)o1. The predicted octanol–water partition coefficient (Wildman–Crippen LogP) is 1.57. The Morgan fingerprint density at radius 3 is 2.93 bits per heavy atom. The van der Waals surface area contributed by atoms with Gasteiger partial charge in [0.25, 0.3) is 0 Å². The van der Waals surface area contributed by atoms with E-state index < -0.39 is 0 Å². The van der Waals surface area contributed by atoms with E-state index in [-0.39, 0.29) is 6.04 Å². The molecular weight excluding hydrogens is 190 g/mol. The van der Waals surface area contributed by atoms with Crippen LogP contribution in [0.3, 0.4) is 0 Å². The first-order valence-corrected chi connectivity index (χ1v) is 4.98. The first-order valence-electron chi connectivity index (χ1n) is 4.98. The highest BCUT2D eigenvalue weighted by atomic mass is 16.3. The van der Waals surface area contributed by atoms with Crippen LogP contribution < -0.4 is 5.73 Å². The Hall–Kier alpha value is -1.55. The van der Waals surface area contributed by atoms with Gasteiger partial charge in [0.05, 0.1) is 11.8 Å². The van der Waals surface area contributed by atoms with Crippen LogP contribution in [-0.4, -0.2) is 15.8 Å². The maximum Gasteiger partial charge on any atom is 0.137 e. The quantitative estimate of drug-likeness (QED) is 0.827. The molecule has 2 aromatic heterocycles. The van der Waals surface area contributed by atoms with Crippen molar-refractivity contribution in [2.24, 2.45) is 12.8 Å². The van der Waals surface area contributed by atoms with Gasteiger partial charge < -0.3 is 10.2 Å². The Morgan fingerprint density at radius 2 is 2.33 bits per heavy atom. The van der Waals surface area contributed by atoms with Crippen molar-refractivity contribution in [1.82, 2.24) is 9.78 Å². The van der Waals surface area contributed by atoms with Crippen molar-refractivity contribution in [3.05, 3.63) is 30.3 Å². The predicted molar refractivity (Wildman–Crippen MR) is 58.3 cm³/mol. The Labute approximate surface area is 88.7 Å². The molecule has 0 aliphatic carbocycles. The van der Waals surface area contributed by atoms with Gasteiger partial charge in [0.15, 0.2) is 0 Å². The van der Waals surface area contributed by atoms with E-state index in [1.807, 2.05) is 32.3 Å². The lowest BCUT2D eigenvalue weighted by Crippen LogP contribution is -2.17. The van der Waals surface area contributed by atoms with Gasteiger partial charge in [0, 0.05) is 25.7 Å². The van der Waals surface area contributed by atoms with Gasteiger partial charge in [-0.05, 0) is 19.1 Å². The molecule has 2 N–H and O–H groups in total. The minimum atomic E-state index is 0.123. The van der Waals surface area contributed by atoms with Gasteiger partial charge in [-0.3, -0.25) is 4.68 Å². The molecule has 4 heteroatoms. The van der Waals surface area contributed by atoms with E-state index in [1.165, 1.54) is 0 Å². The molecule has 1 atom stereocenters. The number of rotatable bonds is 3. The summed E-state index contributed by atoms with van der Waals surface area (Å²) in [7, 11) is 1.88. The van der Waals surface area contributed by atoms with Crippen LogP contribution in [0, 0.1) is 0 Å². The topological polar surface area (TPSA) is 57.0 Å². The maximum absolute atomic E-state index is 5.70. The number of nitrogens with two attached hydrogens (primary N) is 1. The van der Waals surface area contributed by atoms with Crippen molar-refractivity contribution < 1.29 is 4.42 Å². The molecule has 4 nitrogen and oxygen atoms in total. The Bertz CT molecular complexity index is 442. The normalized spacial score (nSPS) is 13.0. The van der Waals surface area contributed by atoms with E-state index in [0.717, 1.165) is 23.5 Å². The zero-order valence-electron chi connectivity index (χ0n) is 8.97. The van der Waals surface area contributed by atoms with Crippen molar-refractivity contribution >= 4 is 0 Å². The van der Waals surface area contributed by atoms with Gasteiger partial charge in [-0.25, -0.2) is 0 Å². The van der Waals surface area contributed by atoms with E-state index in [2.05, 4.69) is 5.10 Å².